The van der Waals surface area contributed by atoms with Crippen LogP contribution in [0, 0.1) is 0 Å². The third kappa shape index (κ3) is 8.68. The van der Waals surface area contributed by atoms with Crippen molar-refractivity contribution in [2.45, 2.75) is 97.6 Å². The van der Waals surface area contributed by atoms with Crippen molar-refractivity contribution in [1.82, 2.24) is 4.90 Å². The van der Waals surface area contributed by atoms with Crippen molar-refractivity contribution < 1.29 is 17.0 Å². The number of halogens is 1. The molecule has 2 rings (SSSR count). The Morgan fingerprint density at radius 1 is 0.889 bits per heavy atom. The van der Waals surface area contributed by atoms with E-state index in [1.165, 1.54) is 88.7 Å². The van der Waals surface area contributed by atoms with E-state index < -0.39 is 0 Å². The Bertz CT molecular complexity index is 526. The summed E-state index contributed by atoms with van der Waals surface area (Å²) in [7, 11) is 0. The molecular weight excluding hydrogens is 352 g/mol. The van der Waals surface area contributed by atoms with Crippen molar-refractivity contribution in [3.63, 3.8) is 0 Å². The fourth-order valence-electron chi connectivity index (χ4n) is 4.14. The van der Waals surface area contributed by atoms with Crippen LogP contribution in [0.4, 0.5) is 0 Å². The molecular formula is C24H41ClN2. The average Bonchev–Trinajstić information content (AvgIpc) is 2.92. The summed E-state index contributed by atoms with van der Waals surface area (Å²) in [5.74, 6) is 1.47. The number of rotatable bonds is 13. The minimum Gasteiger partial charge on any atom is -1.00 e. The first-order valence-corrected chi connectivity index (χ1v) is 11.1. The summed E-state index contributed by atoms with van der Waals surface area (Å²) in [6.07, 6.45) is 14.2. The van der Waals surface area contributed by atoms with Crippen LogP contribution in [0.3, 0.4) is 0 Å². The standard InChI is InChI=1S/C24H41N2.ClH/c1-4-5-6-7-8-9-10-11-12-16-19-25-20-22(2)26(23(25)3)21-24-17-14-13-15-18-24;/h13-15,17-18,22H,4-12,16,19-21H2,1-3H3;1H/q+1;/p-1. The minimum absolute atomic E-state index is 0. The first kappa shape index (κ1) is 24.0. The van der Waals surface area contributed by atoms with E-state index in [0.717, 1.165) is 6.54 Å². The molecule has 1 aromatic carbocycles. The largest absolute Gasteiger partial charge is 1.00 e. The second-order valence-corrected chi connectivity index (χ2v) is 8.14. The van der Waals surface area contributed by atoms with Crippen LogP contribution in [0.5, 0.6) is 0 Å². The van der Waals surface area contributed by atoms with Gasteiger partial charge in [-0.05, 0) is 25.3 Å². The first-order chi connectivity index (χ1) is 12.7. The van der Waals surface area contributed by atoms with Gasteiger partial charge < -0.3 is 12.4 Å². The van der Waals surface area contributed by atoms with Gasteiger partial charge in [0, 0.05) is 6.92 Å². The zero-order valence-electron chi connectivity index (χ0n) is 17.9. The van der Waals surface area contributed by atoms with Crippen molar-refractivity contribution in [3.05, 3.63) is 35.9 Å². The Hall–Kier alpha value is -1.02. The molecule has 1 aliphatic rings. The van der Waals surface area contributed by atoms with Crippen LogP contribution >= 0.6 is 0 Å². The number of benzene rings is 1. The van der Waals surface area contributed by atoms with Crippen molar-refractivity contribution in [2.75, 3.05) is 13.1 Å². The van der Waals surface area contributed by atoms with E-state index in [-0.39, 0.29) is 12.4 Å². The number of hydrogen-bond acceptors (Lipinski definition) is 1. The zero-order valence-corrected chi connectivity index (χ0v) is 18.7. The van der Waals surface area contributed by atoms with Gasteiger partial charge in [-0.1, -0.05) is 88.6 Å². The number of nitrogens with zero attached hydrogens (tertiary/aromatic N) is 2. The molecule has 154 valence electrons. The van der Waals surface area contributed by atoms with Crippen LogP contribution in [-0.2, 0) is 6.54 Å². The Kier molecular flexibility index (Phi) is 12.5. The molecule has 1 aliphatic heterocycles. The second kappa shape index (κ2) is 14.0. The molecule has 0 fully saturated rings. The molecule has 2 nitrogen and oxygen atoms in total. The molecule has 0 saturated carbocycles. The molecule has 3 heteroatoms. The van der Waals surface area contributed by atoms with E-state index in [0.29, 0.717) is 6.04 Å². The Morgan fingerprint density at radius 2 is 1.44 bits per heavy atom. The molecule has 0 bridgehead atoms. The van der Waals surface area contributed by atoms with E-state index in [1.807, 2.05) is 0 Å². The number of unbranched alkanes of at least 4 members (excludes halogenated alkanes) is 9. The summed E-state index contributed by atoms with van der Waals surface area (Å²) in [6.45, 7) is 10.4. The fourth-order valence-corrected chi connectivity index (χ4v) is 4.14. The smallest absolute Gasteiger partial charge is 0.244 e. The minimum atomic E-state index is 0. The maximum absolute atomic E-state index is 2.61. The van der Waals surface area contributed by atoms with Gasteiger partial charge in [-0.2, -0.15) is 0 Å². The molecule has 0 N–H and O–H groups in total. The molecule has 0 saturated heterocycles. The summed E-state index contributed by atoms with van der Waals surface area (Å²) < 4.78 is 2.61. The number of hydrogen-bond donors (Lipinski definition) is 0. The molecule has 1 atom stereocenters. The summed E-state index contributed by atoms with van der Waals surface area (Å²) in [5, 5.41) is 0. The first-order valence-electron chi connectivity index (χ1n) is 11.1. The summed E-state index contributed by atoms with van der Waals surface area (Å²) in [5.41, 5.74) is 1.42. The topological polar surface area (TPSA) is 6.25 Å². The fraction of sp³-hybridized carbons (Fsp3) is 0.708. The van der Waals surface area contributed by atoms with Crippen molar-refractivity contribution in [1.29, 1.82) is 0 Å². The third-order valence-corrected chi connectivity index (χ3v) is 5.87. The van der Waals surface area contributed by atoms with E-state index in [2.05, 4.69) is 60.6 Å². The molecule has 0 aromatic heterocycles. The van der Waals surface area contributed by atoms with Crippen LogP contribution in [0.15, 0.2) is 30.3 Å². The van der Waals surface area contributed by atoms with Crippen LogP contribution < -0.4 is 12.4 Å². The van der Waals surface area contributed by atoms with Crippen LogP contribution in [0.2, 0.25) is 0 Å². The van der Waals surface area contributed by atoms with E-state index in [1.54, 1.807) is 0 Å². The van der Waals surface area contributed by atoms with Crippen LogP contribution in [0.1, 0.15) is 90.5 Å². The monoisotopic (exact) mass is 392 g/mol. The predicted molar refractivity (Wildman–Crippen MR) is 114 cm³/mol. The van der Waals surface area contributed by atoms with Gasteiger partial charge in [-0.15, -0.1) is 0 Å². The lowest BCUT2D eigenvalue weighted by atomic mass is 10.1. The Morgan fingerprint density at radius 3 is 2.04 bits per heavy atom. The third-order valence-electron chi connectivity index (χ3n) is 5.87. The zero-order chi connectivity index (χ0) is 18.6. The van der Waals surface area contributed by atoms with Crippen molar-refractivity contribution >= 4 is 5.84 Å². The summed E-state index contributed by atoms with van der Waals surface area (Å²) >= 11 is 0. The second-order valence-electron chi connectivity index (χ2n) is 8.14. The van der Waals surface area contributed by atoms with Gasteiger partial charge in [0.15, 0.2) is 0 Å². The molecule has 0 radical (unpaired) electrons. The van der Waals surface area contributed by atoms with E-state index in [4.69, 9.17) is 0 Å². The van der Waals surface area contributed by atoms with Gasteiger partial charge in [0.05, 0.1) is 6.54 Å². The molecule has 1 aromatic rings. The van der Waals surface area contributed by atoms with Crippen molar-refractivity contribution in [2.24, 2.45) is 0 Å². The van der Waals surface area contributed by atoms with Crippen molar-refractivity contribution in [3.8, 4) is 0 Å². The van der Waals surface area contributed by atoms with E-state index in [9.17, 15) is 0 Å². The van der Waals surface area contributed by atoms with Crippen LogP contribution in [0.25, 0.3) is 0 Å². The van der Waals surface area contributed by atoms with Gasteiger partial charge in [-0.3, -0.25) is 9.48 Å². The van der Waals surface area contributed by atoms with Gasteiger partial charge in [0.25, 0.3) is 0 Å². The molecule has 1 unspecified atom stereocenters. The van der Waals surface area contributed by atoms with Crippen LogP contribution in [-0.4, -0.2) is 34.4 Å². The summed E-state index contributed by atoms with van der Waals surface area (Å²) in [6, 6.07) is 11.5. The van der Waals surface area contributed by atoms with E-state index >= 15 is 0 Å². The highest BCUT2D eigenvalue weighted by Gasteiger charge is 2.33. The lowest BCUT2D eigenvalue weighted by Gasteiger charge is -2.16. The summed E-state index contributed by atoms with van der Waals surface area (Å²) in [4.78, 5) is 2.58. The molecule has 0 aliphatic carbocycles. The highest BCUT2D eigenvalue weighted by molar-refractivity contribution is 5.76. The molecule has 27 heavy (non-hydrogen) atoms. The Labute approximate surface area is 174 Å². The highest BCUT2D eigenvalue weighted by atomic mass is 35.5. The van der Waals surface area contributed by atoms with Gasteiger partial charge in [-0.25, -0.2) is 0 Å². The SMILES string of the molecule is CCCCCCCCCCCC[N+]1=C(C)N(Cc2ccccc2)C(C)C1.[Cl-]. The quantitative estimate of drug-likeness (QED) is 0.369. The predicted octanol–water partition coefficient (Wildman–Crippen LogP) is 3.25. The van der Waals surface area contributed by atoms with Gasteiger partial charge in [0.2, 0.25) is 5.84 Å². The molecule has 0 spiro atoms. The molecule has 1 heterocycles. The lowest BCUT2D eigenvalue weighted by Crippen LogP contribution is -3.00. The van der Waals surface area contributed by atoms with Gasteiger partial charge >= 0.3 is 0 Å². The van der Waals surface area contributed by atoms with Gasteiger partial charge in [0.1, 0.15) is 19.1 Å². The highest BCUT2D eigenvalue weighted by Crippen LogP contribution is 2.16. The maximum Gasteiger partial charge on any atom is 0.244 e. The number of amidine groups is 1. The molecule has 0 amide bonds. The maximum atomic E-state index is 2.61. The normalized spacial score (nSPS) is 16.7. The Balaban J connectivity index is 0.00000364. The average molecular weight is 393 g/mol. The lowest BCUT2D eigenvalue weighted by molar-refractivity contribution is -0.522.